The van der Waals surface area contributed by atoms with Crippen LogP contribution in [0.1, 0.15) is 43.5 Å². The van der Waals surface area contributed by atoms with E-state index in [1.165, 1.54) is 30.5 Å². The van der Waals surface area contributed by atoms with Gasteiger partial charge in [0.15, 0.2) is 0 Å². The average Bonchev–Trinajstić information content (AvgIpc) is 3.01. The molecule has 1 unspecified atom stereocenters. The van der Waals surface area contributed by atoms with E-state index in [2.05, 4.69) is 36.3 Å². The highest BCUT2D eigenvalue weighted by Gasteiger charge is 2.26. The summed E-state index contributed by atoms with van der Waals surface area (Å²) in [7, 11) is 0. The number of nitrogens with zero attached hydrogens (tertiary/aromatic N) is 1. The Hall–Kier alpha value is -0.890. The van der Waals surface area contributed by atoms with Gasteiger partial charge in [-0.25, -0.2) is 0 Å². The molecular formula is C13H20N2. The number of pyridine rings is 1. The van der Waals surface area contributed by atoms with Crippen molar-refractivity contribution in [2.24, 2.45) is 5.92 Å². The number of hydrogen-bond acceptors (Lipinski definition) is 2. The Morgan fingerprint density at radius 1 is 1.53 bits per heavy atom. The molecule has 2 rings (SSSR count). The smallest absolute Gasteiger partial charge is 0.0575 e. The second kappa shape index (κ2) is 4.75. The van der Waals surface area contributed by atoms with Crippen LogP contribution in [0.3, 0.4) is 0 Å². The van der Waals surface area contributed by atoms with E-state index in [4.69, 9.17) is 0 Å². The van der Waals surface area contributed by atoms with Crippen LogP contribution in [0.25, 0.3) is 0 Å². The van der Waals surface area contributed by atoms with Gasteiger partial charge in [0.05, 0.1) is 5.69 Å². The minimum atomic E-state index is 0.461. The lowest BCUT2D eigenvalue weighted by Gasteiger charge is -2.17. The minimum Gasteiger partial charge on any atom is -0.309 e. The van der Waals surface area contributed by atoms with Crippen LogP contribution < -0.4 is 5.32 Å². The SMILES string of the molecule is CCNC(CC1CC1)c1cc(C)ccn1. The number of hydrogen-bond donors (Lipinski definition) is 1. The summed E-state index contributed by atoms with van der Waals surface area (Å²) in [5.41, 5.74) is 2.52. The van der Waals surface area contributed by atoms with Crippen molar-refractivity contribution in [2.45, 2.75) is 39.2 Å². The van der Waals surface area contributed by atoms with Crippen molar-refractivity contribution in [3.05, 3.63) is 29.6 Å². The standard InChI is InChI=1S/C13H20N2/c1-3-14-13(9-11-4-5-11)12-8-10(2)6-7-15-12/h6-8,11,13-14H,3-5,9H2,1-2H3. The summed E-state index contributed by atoms with van der Waals surface area (Å²) in [6, 6.07) is 4.72. The van der Waals surface area contributed by atoms with Crippen LogP contribution in [0.2, 0.25) is 0 Å². The van der Waals surface area contributed by atoms with Gasteiger partial charge in [0.1, 0.15) is 0 Å². The number of aryl methyl sites for hydroxylation is 1. The van der Waals surface area contributed by atoms with Crippen LogP contribution in [0.15, 0.2) is 18.3 Å². The number of aromatic nitrogens is 1. The molecule has 1 fully saturated rings. The Morgan fingerprint density at radius 3 is 2.93 bits per heavy atom. The summed E-state index contributed by atoms with van der Waals surface area (Å²) < 4.78 is 0. The van der Waals surface area contributed by atoms with E-state index in [9.17, 15) is 0 Å². The van der Waals surface area contributed by atoms with Crippen molar-refractivity contribution in [2.75, 3.05) is 6.54 Å². The predicted molar refractivity (Wildman–Crippen MR) is 62.7 cm³/mol. The van der Waals surface area contributed by atoms with Crippen molar-refractivity contribution >= 4 is 0 Å². The van der Waals surface area contributed by atoms with Crippen molar-refractivity contribution in [1.29, 1.82) is 0 Å². The van der Waals surface area contributed by atoms with Crippen LogP contribution in [-0.2, 0) is 0 Å². The summed E-state index contributed by atoms with van der Waals surface area (Å²) in [5, 5.41) is 3.53. The summed E-state index contributed by atoms with van der Waals surface area (Å²) in [6.45, 7) is 5.31. The summed E-state index contributed by atoms with van der Waals surface area (Å²) >= 11 is 0. The minimum absolute atomic E-state index is 0.461. The van der Waals surface area contributed by atoms with Gasteiger partial charge in [-0.1, -0.05) is 19.8 Å². The van der Waals surface area contributed by atoms with E-state index in [0.29, 0.717) is 6.04 Å². The van der Waals surface area contributed by atoms with Gasteiger partial charge < -0.3 is 5.32 Å². The van der Waals surface area contributed by atoms with Gasteiger partial charge >= 0.3 is 0 Å². The van der Waals surface area contributed by atoms with Gasteiger partial charge in [0.25, 0.3) is 0 Å². The molecule has 0 saturated heterocycles. The first kappa shape index (κ1) is 10.6. The second-order valence-corrected chi connectivity index (χ2v) is 4.55. The van der Waals surface area contributed by atoms with Gasteiger partial charge in [-0.15, -0.1) is 0 Å². The zero-order chi connectivity index (χ0) is 10.7. The highest BCUT2D eigenvalue weighted by molar-refractivity contribution is 5.17. The molecule has 15 heavy (non-hydrogen) atoms. The molecule has 0 radical (unpaired) electrons. The normalized spacial score (nSPS) is 17.7. The summed E-state index contributed by atoms with van der Waals surface area (Å²) in [4.78, 5) is 4.48. The molecule has 1 saturated carbocycles. The van der Waals surface area contributed by atoms with E-state index in [0.717, 1.165) is 12.5 Å². The van der Waals surface area contributed by atoms with Gasteiger partial charge in [-0.05, 0) is 43.5 Å². The summed E-state index contributed by atoms with van der Waals surface area (Å²) in [6.07, 6.45) is 5.99. The zero-order valence-electron chi connectivity index (χ0n) is 9.66. The van der Waals surface area contributed by atoms with Crippen LogP contribution in [0, 0.1) is 12.8 Å². The maximum Gasteiger partial charge on any atom is 0.0575 e. The van der Waals surface area contributed by atoms with Crippen molar-refractivity contribution in [3.8, 4) is 0 Å². The first-order valence-electron chi connectivity index (χ1n) is 5.95. The number of nitrogens with one attached hydrogen (secondary N) is 1. The van der Waals surface area contributed by atoms with Gasteiger partial charge in [0.2, 0.25) is 0 Å². The summed E-state index contributed by atoms with van der Waals surface area (Å²) in [5.74, 6) is 0.941. The molecule has 1 atom stereocenters. The lowest BCUT2D eigenvalue weighted by atomic mass is 10.0. The zero-order valence-corrected chi connectivity index (χ0v) is 9.66. The molecule has 0 spiro atoms. The molecular weight excluding hydrogens is 184 g/mol. The lowest BCUT2D eigenvalue weighted by Crippen LogP contribution is -2.22. The van der Waals surface area contributed by atoms with Crippen molar-refractivity contribution < 1.29 is 0 Å². The molecule has 1 aliphatic rings. The predicted octanol–water partition coefficient (Wildman–Crippen LogP) is 2.84. The Morgan fingerprint density at radius 2 is 2.33 bits per heavy atom. The van der Waals surface area contributed by atoms with E-state index in [1.54, 1.807) is 0 Å². The molecule has 1 N–H and O–H groups in total. The van der Waals surface area contributed by atoms with E-state index in [-0.39, 0.29) is 0 Å². The molecule has 1 aromatic heterocycles. The molecule has 82 valence electrons. The third-order valence-corrected chi connectivity index (χ3v) is 3.01. The molecule has 2 heteroatoms. The lowest BCUT2D eigenvalue weighted by molar-refractivity contribution is 0.476. The molecule has 2 nitrogen and oxygen atoms in total. The van der Waals surface area contributed by atoms with E-state index >= 15 is 0 Å². The highest BCUT2D eigenvalue weighted by Crippen LogP contribution is 2.37. The fourth-order valence-electron chi connectivity index (χ4n) is 1.99. The molecule has 1 aliphatic carbocycles. The van der Waals surface area contributed by atoms with Crippen LogP contribution in [0.5, 0.6) is 0 Å². The molecule has 0 amide bonds. The largest absolute Gasteiger partial charge is 0.309 e. The molecule has 0 aromatic carbocycles. The van der Waals surface area contributed by atoms with Crippen LogP contribution in [-0.4, -0.2) is 11.5 Å². The third-order valence-electron chi connectivity index (χ3n) is 3.01. The number of rotatable bonds is 5. The molecule has 1 heterocycles. The highest BCUT2D eigenvalue weighted by atomic mass is 14.9. The van der Waals surface area contributed by atoms with Crippen molar-refractivity contribution in [3.63, 3.8) is 0 Å². The Kier molecular flexibility index (Phi) is 3.37. The fourth-order valence-corrected chi connectivity index (χ4v) is 1.99. The van der Waals surface area contributed by atoms with E-state index < -0.39 is 0 Å². The first-order chi connectivity index (χ1) is 7.29. The average molecular weight is 204 g/mol. The van der Waals surface area contributed by atoms with Gasteiger partial charge in [-0.3, -0.25) is 4.98 Å². The van der Waals surface area contributed by atoms with Gasteiger partial charge in [0, 0.05) is 12.2 Å². The van der Waals surface area contributed by atoms with Crippen LogP contribution >= 0.6 is 0 Å². The Balaban J connectivity index is 2.07. The van der Waals surface area contributed by atoms with Gasteiger partial charge in [-0.2, -0.15) is 0 Å². The first-order valence-corrected chi connectivity index (χ1v) is 5.95. The fraction of sp³-hybridized carbons (Fsp3) is 0.615. The molecule has 0 aliphatic heterocycles. The maximum absolute atomic E-state index is 4.48. The monoisotopic (exact) mass is 204 g/mol. The molecule has 0 bridgehead atoms. The maximum atomic E-state index is 4.48. The second-order valence-electron chi connectivity index (χ2n) is 4.55. The topological polar surface area (TPSA) is 24.9 Å². The van der Waals surface area contributed by atoms with Crippen LogP contribution in [0.4, 0.5) is 0 Å². The third kappa shape index (κ3) is 3.03. The molecule has 1 aromatic rings. The quantitative estimate of drug-likeness (QED) is 0.797. The van der Waals surface area contributed by atoms with E-state index in [1.807, 2.05) is 6.20 Å². The van der Waals surface area contributed by atoms with Crippen molar-refractivity contribution in [1.82, 2.24) is 10.3 Å². The Bertz CT molecular complexity index is 318. The Labute approximate surface area is 92.1 Å².